The first-order chi connectivity index (χ1) is 10.9. The van der Waals surface area contributed by atoms with Crippen molar-refractivity contribution in [1.29, 1.82) is 0 Å². The average Bonchev–Trinajstić information content (AvgIpc) is 2.71. The number of fused-ring (bicyclic) bond motifs is 1. The second kappa shape index (κ2) is 6.18. The van der Waals surface area contributed by atoms with Gasteiger partial charge in [0.25, 0.3) is 0 Å². The molecule has 2 aliphatic carbocycles. The third kappa shape index (κ3) is 3.06. The van der Waals surface area contributed by atoms with Crippen LogP contribution in [0.1, 0.15) is 66.7 Å². The van der Waals surface area contributed by atoms with Crippen molar-refractivity contribution in [3.05, 3.63) is 0 Å². The van der Waals surface area contributed by atoms with Crippen LogP contribution in [-0.4, -0.2) is 26.0 Å². The molecule has 0 unspecified atom stereocenters. The van der Waals surface area contributed by atoms with E-state index in [1.54, 1.807) is 0 Å². The molecule has 0 heterocycles. The minimum atomic E-state index is -1.83. The van der Waals surface area contributed by atoms with E-state index in [1.807, 2.05) is 0 Å². The van der Waals surface area contributed by atoms with Gasteiger partial charge in [-0.15, -0.1) is 6.42 Å². The summed E-state index contributed by atoms with van der Waals surface area (Å²) < 4.78 is 12.5. The zero-order chi connectivity index (χ0) is 18.4. The molecule has 0 spiro atoms. The Morgan fingerprint density at radius 2 is 1.88 bits per heavy atom. The Balaban J connectivity index is 2.30. The van der Waals surface area contributed by atoms with Crippen LogP contribution < -0.4 is 0 Å². The molecule has 0 bridgehead atoms. The molecule has 0 radical (unpaired) electrons. The van der Waals surface area contributed by atoms with Gasteiger partial charge in [0.05, 0.1) is 0 Å². The highest BCUT2D eigenvalue weighted by Gasteiger charge is 2.62. The molecule has 2 fully saturated rings. The van der Waals surface area contributed by atoms with Crippen molar-refractivity contribution in [3.8, 4) is 12.3 Å². The minimum absolute atomic E-state index is 0.182. The zero-order valence-electron chi connectivity index (χ0n) is 16.5. The standard InChI is InChI=1S/C20H34O3Si/c1-9-20(22-15(2)21)14-12-16-17(11-10-13-19(16,20)6)23-24(7,8)18(3,4)5/h1,16-17H,10-14H2,2-8H3/t16-,17-,19-,20-/m0/s1. The van der Waals surface area contributed by atoms with Gasteiger partial charge in [0.15, 0.2) is 13.9 Å². The molecule has 4 atom stereocenters. The van der Waals surface area contributed by atoms with E-state index in [-0.39, 0.29) is 22.5 Å². The fraction of sp³-hybridized carbons (Fsp3) is 0.850. The molecule has 136 valence electrons. The molecule has 0 saturated heterocycles. The van der Waals surface area contributed by atoms with Gasteiger partial charge in [-0.2, -0.15) is 0 Å². The van der Waals surface area contributed by atoms with Crippen LogP contribution in [-0.2, 0) is 14.0 Å². The Morgan fingerprint density at radius 1 is 1.25 bits per heavy atom. The van der Waals surface area contributed by atoms with Gasteiger partial charge >= 0.3 is 5.97 Å². The van der Waals surface area contributed by atoms with Crippen LogP contribution in [0.2, 0.25) is 18.1 Å². The first-order valence-electron chi connectivity index (χ1n) is 9.24. The lowest BCUT2D eigenvalue weighted by Crippen LogP contribution is -2.54. The van der Waals surface area contributed by atoms with E-state index in [4.69, 9.17) is 15.6 Å². The van der Waals surface area contributed by atoms with Crippen molar-refractivity contribution in [2.75, 3.05) is 0 Å². The van der Waals surface area contributed by atoms with E-state index in [0.717, 1.165) is 32.1 Å². The van der Waals surface area contributed by atoms with Gasteiger partial charge in [-0.05, 0) is 49.7 Å². The Bertz CT molecular complexity index is 542. The molecule has 0 amide bonds. The normalized spacial score (nSPS) is 36.8. The summed E-state index contributed by atoms with van der Waals surface area (Å²) >= 11 is 0. The molecule has 0 aromatic rings. The molecule has 3 nitrogen and oxygen atoms in total. The maximum atomic E-state index is 11.7. The van der Waals surface area contributed by atoms with Gasteiger partial charge in [0.1, 0.15) is 0 Å². The summed E-state index contributed by atoms with van der Waals surface area (Å²) in [6.45, 7) is 15.1. The van der Waals surface area contributed by atoms with E-state index < -0.39 is 13.9 Å². The number of esters is 1. The molecule has 0 aliphatic heterocycles. The van der Waals surface area contributed by atoms with Crippen LogP contribution in [0.4, 0.5) is 0 Å². The summed E-state index contributed by atoms with van der Waals surface area (Å²) in [4.78, 5) is 11.7. The fourth-order valence-electron chi connectivity index (χ4n) is 4.49. The van der Waals surface area contributed by atoms with Gasteiger partial charge < -0.3 is 9.16 Å². The largest absolute Gasteiger partial charge is 0.445 e. The van der Waals surface area contributed by atoms with E-state index in [0.29, 0.717) is 5.92 Å². The minimum Gasteiger partial charge on any atom is -0.445 e. The summed E-state index contributed by atoms with van der Waals surface area (Å²) in [5, 5.41) is 0.193. The molecule has 2 saturated carbocycles. The smallest absolute Gasteiger partial charge is 0.304 e. The van der Waals surface area contributed by atoms with E-state index in [9.17, 15) is 4.79 Å². The molecule has 0 aromatic heterocycles. The maximum absolute atomic E-state index is 11.7. The van der Waals surface area contributed by atoms with Gasteiger partial charge in [-0.25, -0.2) is 0 Å². The topological polar surface area (TPSA) is 35.5 Å². The number of rotatable bonds is 3. The van der Waals surface area contributed by atoms with Crippen LogP contribution in [0.15, 0.2) is 0 Å². The summed E-state index contributed by atoms with van der Waals surface area (Å²) in [5.41, 5.74) is -0.947. The highest BCUT2D eigenvalue weighted by atomic mass is 28.4. The summed E-state index contributed by atoms with van der Waals surface area (Å²) in [7, 11) is -1.83. The van der Waals surface area contributed by atoms with Gasteiger partial charge in [0.2, 0.25) is 0 Å². The molecule has 24 heavy (non-hydrogen) atoms. The maximum Gasteiger partial charge on any atom is 0.304 e. The second-order valence-corrected chi connectivity index (χ2v) is 14.2. The Morgan fingerprint density at radius 3 is 2.38 bits per heavy atom. The van der Waals surface area contributed by atoms with Crippen molar-refractivity contribution < 1.29 is 14.0 Å². The SMILES string of the molecule is C#C[C@]1(OC(C)=O)CC[C@H]2[C@@H](O[Si](C)(C)C(C)(C)C)CCC[C@@]21C. The monoisotopic (exact) mass is 350 g/mol. The van der Waals surface area contributed by atoms with E-state index >= 15 is 0 Å². The van der Waals surface area contributed by atoms with Crippen LogP contribution in [0.25, 0.3) is 0 Å². The molecular weight excluding hydrogens is 316 g/mol. The first kappa shape index (κ1) is 19.5. The molecule has 4 heteroatoms. The van der Waals surface area contributed by atoms with Crippen molar-refractivity contribution in [2.45, 2.75) is 96.6 Å². The van der Waals surface area contributed by atoms with Crippen molar-refractivity contribution in [2.24, 2.45) is 11.3 Å². The van der Waals surface area contributed by atoms with Crippen LogP contribution >= 0.6 is 0 Å². The Kier molecular flexibility index (Phi) is 5.03. The second-order valence-electron chi connectivity index (χ2n) is 9.44. The number of ether oxygens (including phenoxy) is 1. The van der Waals surface area contributed by atoms with Crippen LogP contribution in [0, 0.1) is 23.7 Å². The average molecular weight is 351 g/mol. The lowest BCUT2D eigenvalue weighted by molar-refractivity contribution is -0.166. The van der Waals surface area contributed by atoms with Crippen molar-refractivity contribution in [1.82, 2.24) is 0 Å². The lowest BCUT2D eigenvalue weighted by atomic mass is 9.62. The van der Waals surface area contributed by atoms with Crippen molar-refractivity contribution >= 4 is 14.3 Å². The Hall–Kier alpha value is -0.793. The third-order valence-corrected chi connectivity index (χ3v) is 11.5. The van der Waals surface area contributed by atoms with E-state index in [1.165, 1.54) is 6.92 Å². The molecule has 0 N–H and O–H groups in total. The number of carbonyl (C=O) groups is 1. The number of terminal acetylenes is 1. The lowest BCUT2D eigenvalue weighted by Gasteiger charge is -2.50. The van der Waals surface area contributed by atoms with Gasteiger partial charge in [0, 0.05) is 18.4 Å². The number of carbonyl (C=O) groups excluding carboxylic acids is 1. The van der Waals surface area contributed by atoms with Crippen LogP contribution in [0.5, 0.6) is 0 Å². The first-order valence-corrected chi connectivity index (χ1v) is 12.1. The van der Waals surface area contributed by atoms with Crippen molar-refractivity contribution in [3.63, 3.8) is 0 Å². The zero-order valence-corrected chi connectivity index (χ0v) is 17.5. The molecule has 2 rings (SSSR count). The molecule has 0 aromatic carbocycles. The molecular formula is C20H34O3Si. The van der Waals surface area contributed by atoms with Gasteiger partial charge in [-0.3, -0.25) is 4.79 Å². The van der Waals surface area contributed by atoms with Gasteiger partial charge in [-0.1, -0.05) is 40.0 Å². The summed E-state index contributed by atoms with van der Waals surface area (Å²) in [6.07, 6.45) is 11.0. The van der Waals surface area contributed by atoms with Crippen LogP contribution in [0.3, 0.4) is 0 Å². The predicted octanol–water partition coefficient (Wildman–Crippen LogP) is 4.91. The quantitative estimate of drug-likeness (QED) is 0.412. The number of hydrogen-bond acceptors (Lipinski definition) is 3. The predicted molar refractivity (Wildman–Crippen MR) is 100 cm³/mol. The summed E-state index contributed by atoms with van der Waals surface area (Å²) in [5.74, 6) is 2.97. The highest BCUT2D eigenvalue weighted by molar-refractivity contribution is 6.74. The fourth-order valence-corrected chi connectivity index (χ4v) is 5.89. The molecule has 2 aliphatic rings. The summed E-state index contributed by atoms with van der Waals surface area (Å²) in [6, 6.07) is 0. The van der Waals surface area contributed by atoms with E-state index in [2.05, 4.69) is 46.7 Å². The highest BCUT2D eigenvalue weighted by Crippen LogP contribution is 2.60. The third-order valence-electron chi connectivity index (χ3n) is 6.99. The Labute approximate surface area is 149 Å². The number of hydrogen-bond donors (Lipinski definition) is 0.